The molecule has 0 unspecified atom stereocenters. The van der Waals surface area contributed by atoms with Crippen molar-refractivity contribution < 1.29 is 0 Å². The molecule has 1 aromatic heterocycles. The topological polar surface area (TPSA) is 49.8 Å². The van der Waals surface area contributed by atoms with Crippen molar-refractivity contribution in [3.05, 3.63) is 45.7 Å². The molecule has 0 spiro atoms. The Morgan fingerprint density at radius 2 is 1.81 bits per heavy atom. The average molecular weight is 349 g/mol. The quantitative estimate of drug-likeness (QED) is 0.822. The van der Waals surface area contributed by atoms with E-state index in [2.05, 4.69) is 62.5 Å². The molecule has 2 N–H and O–H groups in total. The van der Waals surface area contributed by atoms with Crippen molar-refractivity contribution in [2.24, 2.45) is 0 Å². The fraction of sp³-hybridized carbons (Fsp3) is 0.375. The summed E-state index contributed by atoms with van der Waals surface area (Å²) in [5.74, 6) is 2.67. The van der Waals surface area contributed by atoms with Crippen LogP contribution in [0.1, 0.15) is 30.8 Å². The van der Waals surface area contributed by atoms with E-state index < -0.39 is 0 Å². The van der Waals surface area contributed by atoms with Crippen LogP contribution in [0.3, 0.4) is 0 Å². The van der Waals surface area contributed by atoms with Gasteiger partial charge in [0, 0.05) is 29.5 Å². The number of nitrogens with one attached hydrogen (secondary N) is 2. The third-order valence-electron chi connectivity index (χ3n) is 3.20. The Hall–Kier alpha value is -1.62. The first-order chi connectivity index (χ1) is 10.1. The summed E-state index contributed by atoms with van der Waals surface area (Å²) >= 11 is 3.49. The van der Waals surface area contributed by atoms with Gasteiger partial charge in [0.2, 0.25) is 0 Å². The third-order valence-corrected chi connectivity index (χ3v) is 3.69. The lowest BCUT2D eigenvalue weighted by Gasteiger charge is -2.14. The molecule has 0 aliphatic rings. The summed E-state index contributed by atoms with van der Waals surface area (Å²) in [6.07, 6.45) is 0.824. The van der Waals surface area contributed by atoms with Crippen molar-refractivity contribution in [1.29, 1.82) is 0 Å². The van der Waals surface area contributed by atoms with E-state index in [0.717, 1.165) is 47.0 Å². The average Bonchev–Trinajstić information content (AvgIpc) is 2.48. The van der Waals surface area contributed by atoms with Crippen LogP contribution in [0, 0.1) is 6.92 Å². The van der Waals surface area contributed by atoms with Crippen LogP contribution >= 0.6 is 15.9 Å². The first-order valence-corrected chi connectivity index (χ1v) is 8.03. The summed E-state index contributed by atoms with van der Waals surface area (Å²) in [6, 6.07) is 8.27. The predicted octanol–water partition coefficient (Wildman–Crippen LogP) is 4.15. The SMILES string of the molecule is CCNc1nc(CC)nc(NCc2cccc(Br)c2)c1C. The number of anilines is 2. The van der Waals surface area contributed by atoms with Crippen molar-refractivity contribution >= 4 is 27.6 Å². The van der Waals surface area contributed by atoms with E-state index in [0.29, 0.717) is 0 Å². The highest BCUT2D eigenvalue weighted by molar-refractivity contribution is 9.10. The van der Waals surface area contributed by atoms with Gasteiger partial charge in [-0.3, -0.25) is 0 Å². The molecule has 0 radical (unpaired) electrons. The Morgan fingerprint density at radius 1 is 1.10 bits per heavy atom. The first-order valence-electron chi connectivity index (χ1n) is 7.23. The van der Waals surface area contributed by atoms with Crippen molar-refractivity contribution in [2.75, 3.05) is 17.2 Å². The molecule has 112 valence electrons. The van der Waals surface area contributed by atoms with E-state index in [9.17, 15) is 0 Å². The Bertz CT molecular complexity index is 613. The number of benzene rings is 1. The van der Waals surface area contributed by atoms with Crippen molar-refractivity contribution in [2.45, 2.75) is 33.7 Å². The van der Waals surface area contributed by atoms with Crippen molar-refractivity contribution in [1.82, 2.24) is 9.97 Å². The van der Waals surface area contributed by atoms with Gasteiger partial charge in [0.15, 0.2) is 0 Å². The fourth-order valence-electron chi connectivity index (χ4n) is 2.07. The van der Waals surface area contributed by atoms with Gasteiger partial charge in [-0.1, -0.05) is 35.0 Å². The zero-order valence-corrected chi connectivity index (χ0v) is 14.3. The monoisotopic (exact) mass is 348 g/mol. The first kappa shape index (κ1) is 15.8. The normalized spacial score (nSPS) is 10.5. The largest absolute Gasteiger partial charge is 0.370 e. The number of hydrogen-bond donors (Lipinski definition) is 2. The van der Waals surface area contributed by atoms with Gasteiger partial charge in [0.05, 0.1) is 0 Å². The second-order valence-electron chi connectivity index (χ2n) is 4.83. The van der Waals surface area contributed by atoms with Crippen LogP contribution < -0.4 is 10.6 Å². The molecule has 0 aliphatic carbocycles. The molecule has 0 aliphatic heterocycles. The Labute approximate surface area is 134 Å². The van der Waals surface area contributed by atoms with Crippen LogP contribution in [-0.2, 0) is 13.0 Å². The molecule has 0 amide bonds. The van der Waals surface area contributed by atoms with Gasteiger partial charge in [-0.15, -0.1) is 0 Å². The number of rotatable bonds is 6. The summed E-state index contributed by atoms with van der Waals surface area (Å²) in [4.78, 5) is 9.14. The molecular weight excluding hydrogens is 328 g/mol. The molecule has 0 fully saturated rings. The van der Waals surface area contributed by atoms with Gasteiger partial charge in [-0.25, -0.2) is 9.97 Å². The van der Waals surface area contributed by atoms with Gasteiger partial charge >= 0.3 is 0 Å². The minimum absolute atomic E-state index is 0.742. The summed E-state index contributed by atoms with van der Waals surface area (Å²) in [5.41, 5.74) is 2.27. The lowest BCUT2D eigenvalue weighted by atomic mass is 10.2. The second-order valence-corrected chi connectivity index (χ2v) is 5.75. The molecule has 1 heterocycles. The van der Waals surface area contributed by atoms with Crippen LogP contribution in [0.15, 0.2) is 28.7 Å². The predicted molar refractivity (Wildman–Crippen MR) is 91.8 cm³/mol. The Morgan fingerprint density at radius 3 is 2.43 bits per heavy atom. The standard InChI is InChI=1S/C16H21BrN4/c1-4-14-20-15(18-5-2)11(3)16(21-14)19-10-12-7-6-8-13(17)9-12/h6-9H,4-5,10H2,1-3H3,(H2,18,19,20,21). The van der Waals surface area contributed by atoms with E-state index in [1.54, 1.807) is 0 Å². The number of halogens is 1. The molecule has 1 aromatic carbocycles. The molecular formula is C16H21BrN4. The number of aryl methyl sites for hydroxylation is 1. The molecule has 4 nitrogen and oxygen atoms in total. The Kier molecular flexibility index (Phi) is 5.56. The van der Waals surface area contributed by atoms with Crippen molar-refractivity contribution in [3.8, 4) is 0 Å². The van der Waals surface area contributed by atoms with E-state index in [-0.39, 0.29) is 0 Å². The van der Waals surface area contributed by atoms with Gasteiger partial charge in [0.25, 0.3) is 0 Å². The van der Waals surface area contributed by atoms with Crippen LogP contribution in [-0.4, -0.2) is 16.5 Å². The van der Waals surface area contributed by atoms with Crippen LogP contribution in [0.2, 0.25) is 0 Å². The number of aromatic nitrogens is 2. The molecule has 2 rings (SSSR count). The highest BCUT2D eigenvalue weighted by atomic mass is 79.9. The lowest BCUT2D eigenvalue weighted by molar-refractivity contribution is 0.919. The zero-order valence-electron chi connectivity index (χ0n) is 12.7. The Balaban J connectivity index is 2.20. The molecule has 5 heteroatoms. The van der Waals surface area contributed by atoms with E-state index in [4.69, 9.17) is 0 Å². The van der Waals surface area contributed by atoms with Gasteiger partial charge in [-0.05, 0) is 31.5 Å². The van der Waals surface area contributed by atoms with Crippen molar-refractivity contribution in [3.63, 3.8) is 0 Å². The van der Waals surface area contributed by atoms with Crippen LogP contribution in [0.25, 0.3) is 0 Å². The molecule has 2 aromatic rings. The van der Waals surface area contributed by atoms with Crippen LogP contribution in [0.5, 0.6) is 0 Å². The molecule has 0 bridgehead atoms. The smallest absolute Gasteiger partial charge is 0.135 e. The lowest BCUT2D eigenvalue weighted by Crippen LogP contribution is -2.11. The maximum Gasteiger partial charge on any atom is 0.135 e. The molecule has 0 saturated heterocycles. The minimum Gasteiger partial charge on any atom is -0.370 e. The molecule has 21 heavy (non-hydrogen) atoms. The maximum absolute atomic E-state index is 4.60. The van der Waals surface area contributed by atoms with Gasteiger partial charge in [0.1, 0.15) is 17.5 Å². The molecule has 0 atom stereocenters. The zero-order chi connectivity index (χ0) is 15.2. The summed E-state index contributed by atoms with van der Waals surface area (Å²) in [6.45, 7) is 7.78. The number of nitrogens with zero attached hydrogens (tertiary/aromatic N) is 2. The summed E-state index contributed by atoms with van der Waals surface area (Å²) in [5, 5.41) is 6.72. The summed E-state index contributed by atoms with van der Waals surface area (Å²) in [7, 11) is 0. The van der Waals surface area contributed by atoms with E-state index in [1.165, 1.54) is 5.56 Å². The van der Waals surface area contributed by atoms with E-state index in [1.807, 2.05) is 19.1 Å². The number of hydrogen-bond acceptors (Lipinski definition) is 4. The van der Waals surface area contributed by atoms with Gasteiger partial charge < -0.3 is 10.6 Å². The summed E-state index contributed by atoms with van der Waals surface area (Å²) < 4.78 is 1.09. The van der Waals surface area contributed by atoms with Gasteiger partial charge in [-0.2, -0.15) is 0 Å². The third kappa shape index (κ3) is 4.17. The maximum atomic E-state index is 4.60. The van der Waals surface area contributed by atoms with E-state index >= 15 is 0 Å². The highest BCUT2D eigenvalue weighted by Crippen LogP contribution is 2.21. The second kappa shape index (κ2) is 7.41. The van der Waals surface area contributed by atoms with Crippen LogP contribution in [0.4, 0.5) is 11.6 Å². The fourth-order valence-corrected chi connectivity index (χ4v) is 2.51. The minimum atomic E-state index is 0.742. The molecule has 0 saturated carbocycles. The highest BCUT2D eigenvalue weighted by Gasteiger charge is 2.09.